The zero-order chi connectivity index (χ0) is 13.9. The molecule has 1 unspecified atom stereocenters. The Labute approximate surface area is 124 Å². The van der Waals surface area contributed by atoms with E-state index in [2.05, 4.69) is 0 Å². The normalized spacial score (nSPS) is 20.2. The summed E-state index contributed by atoms with van der Waals surface area (Å²) in [6.07, 6.45) is 2.26. The third-order valence-electron chi connectivity index (χ3n) is 3.87. The molecule has 1 fully saturated rings. The number of halogens is 2. The number of ether oxygens (including phenoxy) is 2. The van der Waals surface area contributed by atoms with Crippen molar-refractivity contribution in [2.75, 3.05) is 20.3 Å². The van der Waals surface area contributed by atoms with Crippen LogP contribution in [0.3, 0.4) is 0 Å². The van der Waals surface area contributed by atoms with Crippen LogP contribution in [0.15, 0.2) is 18.2 Å². The number of hydrogen-bond acceptors (Lipinski definition) is 3. The van der Waals surface area contributed by atoms with Crippen LogP contribution in [0.4, 0.5) is 0 Å². The van der Waals surface area contributed by atoms with E-state index in [9.17, 15) is 0 Å². The molecule has 1 aliphatic heterocycles. The molecule has 3 nitrogen and oxygen atoms in total. The van der Waals surface area contributed by atoms with Crippen LogP contribution in [0.1, 0.15) is 18.4 Å². The van der Waals surface area contributed by atoms with Gasteiger partial charge >= 0.3 is 0 Å². The fourth-order valence-corrected chi connectivity index (χ4v) is 2.96. The van der Waals surface area contributed by atoms with E-state index in [0.717, 1.165) is 18.4 Å². The highest BCUT2D eigenvalue weighted by Crippen LogP contribution is 2.31. The first kappa shape index (κ1) is 15.1. The van der Waals surface area contributed by atoms with Gasteiger partial charge in [0.1, 0.15) is 0 Å². The molecule has 0 bridgehead atoms. The molecule has 0 radical (unpaired) electrons. The molecule has 0 aliphatic carbocycles. The Morgan fingerprint density at radius 1 is 1.37 bits per heavy atom. The Morgan fingerprint density at radius 2 is 2.05 bits per heavy atom. The molecule has 1 saturated heterocycles. The van der Waals surface area contributed by atoms with Gasteiger partial charge in [0.15, 0.2) is 0 Å². The highest BCUT2D eigenvalue weighted by Gasteiger charge is 2.38. The molecule has 1 aromatic carbocycles. The van der Waals surface area contributed by atoms with Crippen LogP contribution < -0.4 is 5.73 Å². The maximum Gasteiger partial charge on any atom is 0.0875 e. The minimum Gasteiger partial charge on any atom is -0.381 e. The maximum atomic E-state index is 6.36. The summed E-state index contributed by atoms with van der Waals surface area (Å²) in [6.45, 7) is 1.37. The minimum absolute atomic E-state index is 0.127. The van der Waals surface area contributed by atoms with Crippen molar-refractivity contribution >= 4 is 23.2 Å². The van der Waals surface area contributed by atoms with Gasteiger partial charge in [0.2, 0.25) is 0 Å². The SMILES string of the molecule is COC1(C(N)Cc2cc(Cl)ccc2Cl)CCOCC1. The first-order chi connectivity index (χ1) is 9.07. The van der Waals surface area contributed by atoms with Crippen LogP contribution in [-0.2, 0) is 15.9 Å². The van der Waals surface area contributed by atoms with E-state index >= 15 is 0 Å². The van der Waals surface area contributed by atoms with Crippen LogP contribution >= 0.6 is 23.2 Å². The summed E-state index contributed by atoms with van der Waals surface area (Å²) in [6, 6.07) is 5.32. The first-order valence-corrected chi connectivity index (χ1v) is 7.15. The Bertz CT molecular complexity index is 433. The average molecular weight is 304 g/mol. The van der Waals surface area contributed by atoms with Gasteiger partial charge < -0.3 is 15.2 Å². The number of benzene rings is 1. The first-order valence-electron chi connectivity index (χ1n) is 6.40. The Hall–Kier alpha value is -0.320. The highest BCUT2D eigenvalue weighted by molar-refractivity contribution is 6.33. The largest absolute Gasteiger partial charge is 0.381 e. The molecule has 2 N–H and O–H groups in total. The predicted molar refractivity (Wildman–Crippen MR) is 77.9 cm³/mol. The summed E-state index contributed by atoms with van der Waals surface area (Å²) in [5.41, 5.74) is 7.00. The molecule has 19 heavy (non-hydrogen) atoms. The monoisotopic (exact) mass is 303 g/mol. The fourth-order valence-electron chi connectivity index (χ4n) is 2.57. The summed E-state index contributed by atoms with van der Waals surface area (Å²) in [4.78, 5) is 0. The van der Waals surface area contributed by atoms with Gasteiger partial charge in [-0.05, 0) is 30.2 Å². The number of nitrogens with two attached hydrogens (primary N) is 1. The van der Waals surface area contributed by atoms with Gasteiger partial charge in [0.05, 0.1) is 5.60 Å². The van der Waals surface area contributed by atoms with Crippen molar-refractivity contribution in [1.29, 1.82) is 0 Å². The van der Waals surface area contributed by atoms with E-state index in [1.54, 1.807) is 19.2 Å². The quantitative estimate of drug-likeness (QED) is 0.930. The molecule has 0 aromatic heterocycles. The minimum atomic E-state index is -0.329. The lowest BCUT2D eigenvalue weighted by molar-refractivity contribution is -0.103. The number of rotatable bonds is 4. The maximum absolute atomic E-state index is 6.36. The second-order valence-electron chi connectivity index (χ2n) is 4.93. The van der Waals surface area contributed by atoms with Crippen LogP contribution in [0.25, 0.3) is 0 Å². The molecule has 106 valence electrons. The predicted octanol–water partition coefficient (Wildman–Crippen LogP) is 3.06. The van der Waals surface area contributed by atoms with Crippen LogP contribution in [-0.4, -0.2) is 32.0 Å². The van der Waals surface area contributed by atoms with Crippen molar-refractivity contribution in [3.05, 3.63) is 33.8 Å². The topological polar surface area (TPSA) is 44.5 Å². The third-order valence-corrected chi connectivity index (χ3v) is 4.47. The number of hydrogen-bond donors (Lipinski definition) is 1. The lowest BCUT2D eigenvalue weighted by Crippen LogP contribution is -2.53. The number of methoxy groups -OCH3 is 1. The lowest BCUT2D eigenvalue weighted by Gasteiger charge is -2.40. The van der Waals surface area contributed by atoms with Crippen LogP contribution in [0.5, 0.6) is 0 Å². The van der Waals surface area contributed by atoms with Gasteiger partial charge in [-0.2, -0.15) is 0 Å². The molecule has 1 atom stereocenters. The summed E-state index contributed by atoms with van der Waals surface area (Å²) in [5.74, 6) is 0. The zero-order valence-electron chi connectivity index (χ0n) is 11.0. The van der Waals surface area contributed by atoms with Gasteiger partial charge in [-0.15, -0.1) is 0 Å². The Morgan fingerprint density at radius 3 is 2.68 bits per heavy atom. The second-order valence-corrected chi connectivity index (χ2v) is 5.77. The molecular formula is C14H19Cl2NO2. The van der Waals surface area contributed by atoms with Crippen molar-refractivity contribution in [1.82, 2.24) is 0 Å². The van der Waals surface area contributed by atoms with Gasteiger partial charge in [-0.1, -0.05) is 23.2 Å². The van der Waals surface area contributed by atoms with Gasteiger partial charge in [-0.25, -0.2) is 0 Å². The van der Waals surface area contributed by atoms with Crippen molar-refractivity contribution in [3.63, 3.8) is 0 Å². The molecule has 1 aliphatic rings. The summed E-state index contributed by atoms with van der Waals surface area (Å²) in [7, 11) is 1.71. The van der Waals surface area contributed by atoms with E-state index in [1.165, 1.54) is 0 Å². The van der Waals surface area contributed by atoms with Crippen molar-refractivity contribution in [3.8, 4) is 0 Å². The average Bonchev–Trinajstić information content (AvgIpc) is 2.43. The van der Waals surface area contributed by atoms with Gasteiger partial charge in [0, 0.05) is 49.3 Å². The summed E-state index contributed by atoms with van der Waals surface area (Å²) in [5, 5.41) is 1.36. The van der Waals surface area contributed by atoms with Crippen molar-refractivity contribution in [2.45, 2.75) is 30.9 Å². The van der Waals surface area contributed by atoms with Crippen molar-refractivity contribution < 1.29 is 9.47 Å². The fraction of sp³-hybridized carbons (Fsp3) is 0.571. The smallest absolute Gasteiger partial charge is 0.0875 e. The van der Waals surface area contributed by atoms with Crippen LogP contribution in [0, 0.1) is 0 Å². The van der Waals surface area contributed by atoms with Crippen LogP contribution in [0.2, 0.25) is 10.0 Å². The molecule has 5 heteroatoms. The second kappa shape index (κ2) is 6.42. The highest BCUT2D eigenvalue weighted by atomic mass is 35.5. The standard InChI is InChI=1S/C14H19Cl2NO2/c1-18-14(4-6-19-7-5-14)13(17)9-10-8-11(15)2-3-12(10)16/h2-3,8,13H,4-7,9,17H2,1H3. The van der Waals surface area contributed by atoms with Gasteiger partial charge in [-0.3, -0.25) is 0 Å². The van der Waals surface area contributed by atoms with Crippen molar-refractivity contribution in [2.24, 2.45) is 5.73 Å². The van der Waals surface area contributed by atoms with E-state index in [-0.39, 0.29) is 11.6 Å². The Balaban J connectivity index is 2.14. The molecular weight excluding hydrogens is 285 g/mol. The summed E-state index contributed by atoms with van der Waals surface area (Å²) >= 11 is 12.2. The van der Waals surface area contributed by atoms with Gasteiger partial charge in [0.25, 0.3) is 0 Å². The molecule has 0 saturated carbocycles. The van der Waals surface area contributed by atoms with E-state index in [1.807, 2.05) is 6.07 Å². The Kier molecular flexibility index (Phi) is 5.09. The zero-order valence-corrected chi connectivity index (χ0v) is 12.5. The molecule has 0 amide bonds. The molecule has 1 heterocycles. The lowest BCUT2D eigenvalue weighted by atomic mass is 9.83. The van der Waals surface area contributed by atoms with E-state index in [0.29, 0.717) is 29.7 Å². The molecule has 1 aromatic rings. The van der Waals surface area contributed by atoms with E-state index < -0.39 is 0 Å². The summed E-state index contributed by atoms with van der Waals surface area (Å²) < 4.78 is 11.1. The molecule has 2 rings (SSSR count). The third kappa shape index (κ3) is 3.41. The van der Waals surface area contributed by atoms with E-state index in [4.69, 9.17) is 38.4 Å². The molecule has 0 spiro atoms.